The first kappa shape index (κ1) is 33.9. The Kier molecular flexibility index (Phi) is 11.3. The Hall–Kier alpha value is -2.58. The fourth-order valence-electron chi connectivity index (χ4n) is 11.4. The molecule has 0 aromatic carbocycles. The third kappa shape index (κ3) is 7.31. The zero-order valence-electron chi connectivity index (χ0n) is 30.2. The summed E-state index contributed by atoms with van der Waals surface area (Å²) in [4.78, 5) is 0. The topological polar surface area (TPSA) is 38.0 Å². The van der Waals surface area contributed by atoms with Crippen molar-refractivity contribution in [2.24, 2.45) is 53.1 Å². The third-order valence-electron chi connectivity index (χ3n) is 13.9. The summed E-state index contributed by atoms with van der Waals surface area (Å²) in [6, 6.07) is 1.07. The second-order valence-electron chi connectivity index (χ2n) is 16.6. The summed E-state index contributed by atoms with van der Waals surface area (Å²) in [5.41, 5.74) is 14.2. The molecule has 0 bridgehead atoms. The molecule has 258 valence electrons. The molecule has 0 aromatic rings. The van der Waals surface area contributed by atoms with Crippen molar-refractivity contribution < 1.29 is 0 Å². The summed E-state index contributed by atoms with van der Waals surface area (Å²) in [7, 11) is 0. The molecule has 0 aromatic heterocycles. The second-order valence-corrected chi connectivity index (χ2v) is 16.6. The van der Waals surface area contributed by atoms with Crippen LogP contribution in [0.25, 0.3) is 0 Å². The number of hydrogen-bond donors (Lipinski definition) is 2. The van der Waals surface area contributed by atoms with E-state index in [4.69, 9.17) is 5.73 Å². The van der Waals surface area contributed by atoms with E-state index in [-0.39, 0.29) is 0 Å². The van der Waals surface area contributed by atoms with Crippen molar-refractivity contribution >= 4 is 0 Å². The van der Waals surface area contributed by atoms with Crippen LogP contribution in [0, 0.1) is 47.3 Å². The van der Waals surface area contributed by atoms with Crippen LogP contribution in [-0.2, 0) is 0 Å². The first-order valence-corrected chi connectivity index (χ1v) is 20.3. The predicted octanol–water partition coefficient (Wildman–Crippen LogP) is 11.4. The Labute approximate surface area is 293 Å². The molecule has 7 aliphatic rings. The van der Waals surface area contributed by atoms with Gasteiger partial charge in [0.1, 0.15) is 0 Å². The van der Waals surface area contributed by atoms with Crippen LogP contribution in [0.3, 0.4) is 0 Å². The lowest BCUT2D eigenvalue weighted by Crippen LogP contribution is -2.49. The molecule has 0 aliphatic heterocycles. The van der Waals surface area contributed by atoms with Crippen LogP contribution in [0.1, 0.15) is 117 Å². The van der Waals surface area contributed by atoms with Gasteiger partial charge in [-0.3, -0.25) is 0 Å². The Morgan fingerprint density at radius 3 is 2.69 bits per heavy atom. The largest absolute Gasteiger partial charge is 0.405 e. The van der Waals surface area contributed by atoms with Crippen molar-refractivity contribution in [1.29, 1.82) is 0 Å². The van der Waals surface area contributed by atoms with Crippen LogP contribution in [0.4, 0.5) is 0 Å². The van der Waals surface area contributed by atoms with Gasteiger partial charge < -0.3 is 11.1 Å². The third-order valence-corrected chi connectivity index (χ3v) is 13.9. The zero-order chi connectivity index (χ0) is 32.9. The lowest BCUT2D eigenvalue weighted by atomic mass is 9.63. The van der Waals surface area contributed by atoms with Gasteiger partial charge in [-0.25, -0.2) is 0 Å². The van der Waals surface area contributed by atoms with Crippen LogP contribution in [0.15, 0.2) is 107 Å². The number of nitrogens with two attached hydrogens (primary N) is 1. The van der Waals surface area contributed by atoms with E-state index in [2.05, 4.69) is 86.0 Å². The molecular weight excluding hydrogens is 581 g/mol. The van der Waals surface area contributed by atoms with Gasteiger partial charge in [0, 0.05) is 18.0 Å². The van der Waals surface area contributed by atoms with Gasteiger partial charge in [0.2, 0.25) is 0 Å². The Bertz CT molecular complexity index is 1410. The molecule has 2 fully saturated rings. The van der Waals surface area contributed by atoms with Gasteiger partial charge in [0.05, 0.1) is 0 Å². The highest BCUT2D eigenvalue weighted by atomic mass is 15.0. The van der Waals surface area contributed by atoms with Crippen molar-refractivity contribution in [3.05, 3.63) is 107 Å². The summed E-state index contributed by atoms with van der Waals surface area (Å²) in [5.74, 6) is 5.62. The van der Waals surface area contributed by atoms with Crippen LogP contribution in [-0.4, -0.2) is 12.1 Å². The Balaban J connectivity index is 1.13. The van der Waals surface area contributed by atoms with Gasteiger partial charge in [-0.05, 0) is 173 Å². The number of rotatable bonds is 11. The molecule has 9 unspecified atom stereocenters. The highest BCUT2D eigenvalue weighted by molar-refractivity contribution is 5.48. The van der Waals surface area contributed by atoms with Crippen LogP contribution in [0.2, 0.25) is 0 Å². The van der Waals surface area contributed by atoms with Gasteiger partial charge in [0.25, 0.3) is 0 Å². The van der Waals surface area contributed by atoms with E-state index in [9.17, 15) is 0 Å². The normalized spacial score (nSPS) is 34.9. The molecule has 48 heavy (non-hydrogen) atoms. The average Bonchev–Trinajstić information content (AvgIpc) is 3.13. The summed E-state index contributed by atoms with van der Waals surface area (Å²) in [6.45, 7) is 5.15. The molecule has 2 nitrogen and oxygen atoms in total. The second kappa shape index (κ2) is 16.0. The smallest absolute Gasteiger partial charge is 0.0283 e. The maximum Gasteiger partial charge on any atom is 0.0283 e. The predicted molar refractivity (Wildman–Crippen MR) is 205 cm³/mol. The van der Waals surface area contributed by atoms with Crippen molar-refractivity contribution in [1.82, 2.24) is 5.32 Å². The monoisotopic (exact) mass is 645 g/mol. The highest BCUT2D eigenvalue weighted by Gasteiger charge is 2.41. The first-order valence-electron chi connectivity index (χ1n) is 20.3. The molecule has 0 spiro atoms. The van der Waals surface area contributed by atoms with E-state index in [0.717, 1.165) is 18.3 Å². The van der Waals surface area contributed by atoms with Gasteiger partial charge >= 0.3 is 0 Å². The summed E-state index contributed by atoms with van der Waals surface area (Å²) in [5, 5.41) is 4.36. The highest BCUT2D eigenvalue weighted by Crippen LogP contribution is 2.50. The maximum absolute atomic E-state index is 5.58. The minimum Gasteiger partial charge on any atom is -0.405 e. The molecule has 0 amide bonds. The number of fused-ring (bicyclic) bond motifs is 4. The fourth-order valence-corrected chi connectivity index (χ4v) is 11.4. The van der Waals surface area contributed by atoms with Crippen molar-refractivity contribution in [2.75, 3.05) is 0 Å². The first-order chi connectivity index (χ1) is 23.6. The SMILES string of the molecule is CC(CC[C@H](C(C)NC1C=CCC2CCCCC21)C1C=C2CCCCC2=C2C=CCCC21)C1=C2C=CC=CC2C(C/C=C\C=C/N)CC1. The summed E-state index contributed by atoms with van der Waals surface area (Å²) in [6.07, 6.45) is 51.8. The van der Waals surface area contributed by atoms with Crippen molar-refractivity contribution in [3.63, 3.8) is 0 Å². The number of allylic oxidation sites excluding steroid dienone is 16. The average molecular weight is 645 g/mol. The number of nitrogens with one attached hydrogen (secondary N) is 1. The minimum absolute atomic E-state index is 0.514. The molecule has 0 radical (unpaired) electrons. The molecule has 2 saturated carbocycles. The molecule has 0 heterocycles. The summed E-state index contributed by atoms with van der Waals surface area (Å²) >= 11 is 0. The molecule has 0 saturated heterocycles. The van der Waals surface area contributed by atoms with E-state index in [1.807, 2.05) is 6.08 Å². The molecule has 2 heteroatoms. The van der Waals surface area contributed by atoms with Gasteiger partial charge in [-0.1, -0.05) is 92.2 Å². The quantitative estimate of drug-likeness (QED) is 0.173. The Morgan fingerprint density at radius 2 is 1.77 bits per heavy atom. The molecule has 10 atom stereocenters. The minimum atomic E-state index is 0.514. The van der Waals surface area contributed by atoms with Gasteiger partial charge in [0.15, 0.2) is 0 Å². The van der Waals surface area contributed by atoms with E-state index in [0.29, 0.717) is 47.6 Å². The Morgan fingerprint density at radius 1 is 0.875 bits per heavy atom. The lowest BCUT2D eigenvalue weighted by Gasteiger charge is -2.45. The van der Waals surface area contributed by atoms with Crippen molar-refractivity contribution in [3.8, 4) is 0 Å². The fraction of sp³-hybridized carbons (Fsp3) is 0.609. The van der Waals surface area contributed by atoms with E-state index in [1.165, 1.54) is 96.3 Å². The van der Waals surface area contributed by atoms with Gasteiger partial charge in [-0.15, -0.1) is 0 Å². The van der Waals surface area contributed by atoms with E-state index >= 15 is 0 Å². The molecule has 7 aliphatic carbocycles. The standard InChI is InChI=1S/C46H64N2/c1-32(37-29-27-35(15-4-3-13-30-47)39-19-9-10-22-42(37)39)26-28-38(33(2)48-46-25-14-18-34-16-5-8-21-41(34)46)45-31-36-17-6-7-20-40(36)43-23-11-12-24-44(43)45/h3-4,9-11,13-14,19,22-23,25,30-35,38-39,41,44-46,48H,5-8,12,15-18,20-21,24,26-29,47H2,1-2H3/b4-3-,30-13-/t32?,33?,34?,35?,38-,39?,41?,44?,45?,46?/m1/s1. The van der Waals surface area contributed by atoms with Crippen LogP contribution < -0.4 is 11.1 Å². The van der Waals surface area contributed by atoms with Crippen LogP contribution in [0.5, 0.6) is 0 Å². The van der Waals surface area contributed by atoms with E-state index in [1.54, 1.807) is 34.1 Å². The van der Waals surface area contributed by atoms with Crippen LogP contribution >= 0.6 is 0 Å². The lowest BCUT2D eigenvalue weighted by molar-refractivity contribution is 0.154. The summed E-state index contributed by atoms with van der Waals surface area (Å²) < 4.78 is 0. The van der Waals surface area contributed by atoms with Crippen molar-refractivity contribution in [2.45, 2.75) is 129 Å². The van der Waals surface area contributed by atoms with Gasteiger partial charge in [-0.2, -0.15) is 0 Å². The molecule has 7 rings (SSSR count). The number of hydrogen-bond acceptors (Lipinski definition) is 2. The maximum atomic E-state index is 5.58. The molecule has 3 N–H and O–H groups in total. The zero-order valence-corrected chi connectivity index (χ0v) is 30.2. The van der Waals surface area contributed by atoms with E-state index < -0.39 is 0 Å². The molecular formula is C46H64N2.